The van der Waals surface area contributed by atoms with Gasteiger partial charge in [-0.1, -0.05) is 48.5 Å². The summed E-state index contributed by atoms with van der Waals surface area (Å²) in [6.07, 6.45) is 4.11. The van der Waals surface area contributed by atoms with Crippen molar-refractivity contribution in [2.45, 2.75) is 51.1 Å². The first kappa shape index (κ1) is 38.4. The Morgan fingerprint density at radius 3 is 2.35 bits per heavy atom. The SMILES string of the molecule is CNC(=O)c1cnc2ccc(-c3ccc(C(=O)NCCCCNC(=O)CCc4cccc5c4CN(C4CCC(=O)NC4=O)C5=O)cc3)cc2c1Nc1ccccc1. The summed E-state index contributed by atoms with van der Waals surface area (Å²) in [6.45, 7) is 1.19. The molecule has 1 fully saturated rings. The molecule has 2 aliphatic rings. The Bertz CT molecular complexity index is 2360. The third-order valence-electron chi connectivity index (χ3n) is 10.4. The van der Waals surface area contributed by atoms with Gasteiger partial charge in [-0.15, -0.1) is 0 Å². The van der Waals surface area contributed by atoms with Gasteiger partial charge in [0.15, 0.2) is 0 Å². The fraction of sp³-hybridized carbons (Fsp3) is 0.250. The molecule has 0 saturated carbocycles. The van der Waals surface area contributed by atoms with Crippen molar-refractivity contribution in [2.24, 2.45) is 0 Å². The van der Waals surface area contributed by atoms with E-state index in [1.165, 1.54) is 4.90 Å². The molecule has 1 atom stereocenters. The Morgan fingerprint density at radius 2 is 1.60 bits per heavy atom. The Morgan fingerprint density at radius 1 is 0.842 bits per heavy atom. The molecule has 13 heteroatoms. The summed E-state index contributed by atoms with van der Waals surface area (Å²) in [5, 5.41) is 15.1. The average molecular weight is 766 g/mol. The van der Waals surface area contributed by atoms with Gasteiger partial charge in [-0.25, -0.2) is 0 Å². The number of aromatic nitrogens is 1. The molecule has 5 N–H and O–H groups in total. The zero-order valence-corrected chi connectivity index (χ0v) is 31.5. The molecule has 0 aliphatic carbocycles. The van der Waals surface area contributed by atoms with Crippen molar-refractivity contribution in [1.82, 2.24) is 31.2 Å². The Labute approximate surface area is 329 Å². The summed E-state index contributed by atoms with van der Waals surface area (Å²) < 4.78 is 0. The van der Waals surface area contributed by atoms with Crippen LogP contribution in [0, 0.1) is 0 Å². The average Bonchev–Trinajstić information content (AvgIpc) is 3.57. The number of benzene rings is 4. The molecule has 6 amide bonds. The van der Waals surface area contributed by atoms with Crippen LogP contribution in [0.25, 0.3) is 22.0 Å². The number of rotatable bonds is 14. The summed E-state index contributed by atoms with van der Waals surface area (Å²) in [6, 6.07) is 27.6. The van der Waals surface area contributed by atoms with Crippen molar-refractivity contribution < 1.29 is 28.8 Å². The molecule has 4 aromatic carbocycles. The van der Waals surface area contributed by atoms with E-state index in [9.17, 15) is 28.8 Å². The van der Waals surface area contributed by atoms with Crippen LogP contribution in [-0.2, 0) is 27.3 Å². The highest BCUT2D eigenvalue weighted by Gasteiger charge is 2.39. The lowest BCUT2D eigenvalue weighted by Gasteiger charge is -2.29. The molecule has 1 unspecified atom stereocenters. The number of hydrogen-bond acceptors (Lipinski definition) is 8. The maximum atomic E-state index is 13.1. The number of para-hydroxylation sites is 1. The number of hydrogen-bond donors (Lipinski definition) is 5. The number of imide groups is 1. The van der Waals surface area contributed by atoms with E-state index >= 15 is 0 Å². The van der Waals surface area contributed by atoms with Crippen molar-refractivity contribution in [3.05, 3.63) is 125 Å². The van der Waals surface area contributed by atoms with E-state index in [-0.39, 0.29) is 48.9 Å². The number of anilines is 2. The number of carbonyl (C=O) groups is 6. The highest BCUT2D eigenvalue weighted by molar-refractivity contribution is 6.09. The van der Waals surface area contributed by atoms with Gasteiger partial charge in [0.05, 0.1) is 16.8 Å². The highest BCUT2D eigenvalue weighted by Crippen LogP contribution is 2.33. The van der Waals surface area contributed by atoms with Crippen molar-refractivity contribution in [2.75, 3.05) is 25.5 Å². The van der Waals surface area contributed by atoms with Crippen molar-refractivity contribution in [3.8, 4) is 11.1 Å². The van der Waals surface area contributed by atoms with E-state index < -0.39 is 11.9 Å². The molecular formula is C44H43N7O6. The largest absolute Gasteiger partial charge is 0.356 e. The number of carbonyl (C=O) groups excluding carboxylic acids is 6. The van der Waals surface area contributed by atoms with E-state index in [1.807, 2.05) is 66.7 Å². The summed E-state index contributed by atoms with van der Waals surface area (Å²) in [5.74, 6) is -1.57. The van der Waals surface area contributed by atoms with Crippen LogP contribution in [0.5, 0.6) is 0 Å². The van der Waals surface area contributed by atoms with E-state index in [0.717, 1.165) is 38.8 Å². The maximum Gasteiger partial charge on any atom is 0.255 e. The summed E-state index contributed by atoms with van der Waals surface area (Å²) in [4.78, 5) is 81.5. The summed E-state index contributed by atoms with van der Waals surface area (Å²) >= 11 is 0. The molecule has 1 aromatic heterocycles. The molecule has 57 heavy (non-hydrogen) atoms. The van der Waals surface area contributed by atoms with Crippen LogP contribution < -0.4 is 26.6 Å². The Kier molecular flexibility index (Phi) is 11.6. The monoisotopic (exact) mass is 765 g/mol. The second-order valence-electron chi connectivity index (χ2n) is 14.1. The van der Waals surface area contributed by atoms with Crippen LogP contribution in [-0.4, -0.2) is 71.5 Å². The predicted molar refractivity (Wildman–Crippen MR) is 216 cm³/mol. The number of pyridine rings is 1. The lowest BCUT2D eigenvalue weighted by atomic mass is 9.99. The topological polar surface area (TPSA) is 179 Å². The van der Waals surface area contributed by atoms with Crippen molar-refractivity contribution in [1.29, 1.82) is 0 Å². The zero-order valence-electron chi connectivity index (χ0n) is 31.5. The fourth-order valence-electron chi connectivity index (χ4n) is 7.30. The molecular weight excluding hydrogens is 723 g/mol. The van der Waals surface area contributed by atoms with Gasteiger partial charge in [-0.05, 0) is 90.4 Å². The highest BCUT2D eigenvalue weighted by atomic mass is 16.2. The quantitative estimate of drug-likeness (QED) is 0.0773. The molecule has 13 nitrogen and oxygen atoms in total. The van der Waals surface area contributed by atoms with Gasteiger partial charge >= 0.3 is 0 Å². The molecule has 0 spiro atoms. The predicted octanol–water partition coefficient (Wildman–Crippen LogP) is 5.03. The second kappa shape index (κ2) is 17.3. The lowest BCUT2D eigenvalue weighted by molar-refractivity contribution is -0.137. The minimum Gasteiger partial charge on any atom is -0.356 e. The molecule has 1 saturated heterocycles. The van der Waals surface area contributed by atoms with Gasteiger partial charge in [0.1, 0.15) is 6.04 Å². The first-order chi connectivity index (χ1) is 27.7. The van der Waals surface area contributed by atoms with Crippen LogP contribution in [0.1, 0.15) is 74.3 Å². The van der Waals surface area contributed by atoms with E-state index in [0.29, 0.717) is 61.2 Å². The standard InChI is InChI=1S/C44H43N7O6/c1-45-42(55)34-25-48-36-18-16-30(24-33(36)40(34)49-31-9-3-2-4-10-31)27-12-14-29(15-13-27)41(54)47-23-6-5-22-46-38(52)20-17-28-8-7-11-32-35(28)26-51(44(32)57)37-19-21-39(53)50-43(37)56/h2-4,7-16,18,24-25,37H,5-6,17,19-23,26H2,1H3,(H,45,55)(H,46,52)(H,47,54)(H,48,49)(H,50,53,56). The third-order valence-corrected chi connectivity index (χ3v) is 10.4. The number of nitrogens with one attached hydrogen (secondary N) is 5. The second-order valence-corrected chi connectivity index (χ2v) is 14.1. The molecule has 0 bridgehead atoms. The molecule has 2 aliphatic heterocycles. The molecule has 290 valence electrons. The number of nitrogens with zero attached hydrogens (tertiary/aromatic N) is 2. The molecule has 7 rings (SSSR count). The number of piperidine rings is 1. The number of amides is 6. The third kappa shape index (κ3) is 8.67. The van der Waals surface area contributed by atoms with Gasteiger partial charge in [0.2, 0.25) is 17.7 Å². The Balaban J connectivity index is 0.870. The van der Waals surface area contributed by atoms with Gasteiger partial charge in [-0.3, -0.25) is 39.1 Å². The molecule has 5 aromatic rings. The molecule has 3 heterocycles. The number of fused-ring (bicyclic) bond motifs is 2. The van der Waals surface area contributed by atoms with Crippen LogP contribution in [0.3, 0.4) is 0 Å². The van der Waals surface area contributed by atoms with E-state index in [1.54, 1.807) is 37.5 Å². The zero-order chi connectivity index (χ0) is 39.9. The minimum absolute atomic E-state index is 0.110. The van der Waals surface area contributed by atoms with E-state index in [2.05, 4.69) is 31.6 Å². The van der Waals surface area contributed by atoms with E-state index in [4.69, 9.17) is 0 Å². The first-order valence-electron chi connectivity index (χ1n) is 19.1. The van der Waals surface area contributed by atoms with Crippen molar-refractivity contribution >= 4 is 57.7 Å². The fourth-order valence-corrected chi connectivity index (χ4v) is 7.30. The van der Waals surface area contributed by atoms with Gasteiger partial charge in [-0.2, -0.15) is 0 Å². The van der Waals surface area contributed by atoms with Crippen LogP contribution in [0.2, 0.25) is 0 Å². The van der Waals surface area contributed by atoms with Crippen LogP contribution >= 0.6 is 0 Å². The first-order valence-corrected chi connectivity index (χ1v) is 19.1. The van der Waals surface area contributed by atoms with Crippen LogP contribution in [0.15, 0.2) is 97.2 Å². The lowest BCUT2D eigenvalue weighted by Crippen LogP contribution is -2.52. The molecule has 0 radical (unpaired) electrons. The number of unbranched alkanes of at least 4 members (excludes halogenated alkanes) is 1. The van der Waals surface area contributed by atoms with Gasteiger partial charge in [0, 0.05) is 67.9 Å². The van der Waals surface area contributed by atoms with Crippen LogP contribution in [0.4, 0.5) is 11.4 Å². The van der Waals surface area contributed by atoms with Crippen molar-refractivity contribution in [3.63, 3.8) is 0 Å². The summed E-state index contributed by atoms with van der Waals surface area (Å²) in [7, 11) is 1.59. The Hall–Kier alpha value is -6.89. The number of aryl methyl sites for hydroxylation is 1. The normalized spacial score (nSPS) is 14.9. The van der Waals surface area contributed by atoms with Gasteiger partial charge in [0.25, 0.3) is 17.7 Å². The van der Waals surface area contributed by atoms with Gasteiger partial charge < -0.3 is 26.2 Å². The minimum atomic E-state index is -0.686. The maximum absolute atomic E-state index is 13.1. The smallest absolute Gasteiger partial charge is 0.255 e. The summed E-state index contributed by atoms with van der Waals surface area (Å²) in [5.41, 5.74) is 7.22.